The van der Waals surface area contributed by atoms with Gasteiger partial charge in [-0.1, -0.05) is 18.2 Å². The molecule has 0 amide bonds. The van der Waals surface area contributed by atoms with Gasteiger partial charge in [0.1, 0.15) is 5.75 Å². The van der Waals surface area contributed by atoms with Crippen LogP contribution in [0.15, 0.2) is 48.2 Å². The lowest BCUT2D eigenvalue weighted by Crippen LogP contribution is -2.07. The van der Waals surface area contributed by atoms with Gasteiger partial charge in [0.05, 0.1) is 7.11 Å². The maximum absolute atomic E-state index is 5.26. The van der Waals surface area contributed by atoms with Crippen LogP contribution in [0.4, 0.5) is 11.4 Å². The Morgan fingerprint density at radius 1 is 1.10 bits per heavy atom. The SMILES string of the molecule is COc1ccc2c(c1)N/C(=C\c1ccc(N(C)C)cc1)C2. The van der Waals surface area contributed by atoms with Gasteiger partial charge in [0.15, 0.2) is 0 Å². The summed E-state index contributed by atoms with van der Waals surface area (Å²) in [7, 11) is 5.80. The Morgan fingerprint density at radius 3 is 2.52 bits per heavy atom. The second-order valence-corrected chi connectivity index (χ2v) is 5.48. The van der Waals surface area contributed by atoms with Gasteiger partial charge in [-0.05, 0) is 35.4 Å². The molecule has 0 aromatic heterocycles. The van der Waals surface area contributed by atoms with Crippen LogP contribution in [0.2, 0.25) is 0 Å². The van der Waals surface area contributed by atoms with Crippen LogP contribution in [-0.4, -0.2) is 21.2 Å². The highest BCUT2D eigenvalue weighted by atomic mass is 16.5. The number of anilines is 2. The fraction of sp³-hybridized carbons (Fsp3) is 0.222. The summed E-state index contributed by atoms with van der Waals surface area (Å²) in [6, 6.07) is 14.7. The molecule has 2 aromatic carbocycles. The fourth-order valence-electron chi connectivity index (χ4n) is 2.53. The summed E-state index contributed by atoms with van der Waals surface area (Å²) in [6.45, 7) is 0. The molecule has 0 unspecified atom stereocenters. The quantitative estimate of drug-likeness (QED) is 0.926. The van der Waals surface area contributed by atoms with Crippen molar-refractivity contribution in [2.24, 2.45) is 0 Å². The predicted molar refractivity (Wildman–Crippen MR) is 89.1 cm³/mol. The van der Waals surface area contributed by atoms with Crippen molar-refractivity contribution in [2.75, 3.05) is 31.4 Å². The summed E-state index contributed by atoms with van der Waals surface area (Å²) in [5, 5.41) is 3.47. The Bertz CT molecular complexity index is 672. The van der Waals surface area contributed by atoms with Crippen molar-refractivity contribution in [1.29, 1.82) is 0 Å². The lowest BCUT2D eigenvalue weighted by atomic mass is 10.1. The molecule has 0 spiro atoms. The Balaban J connectivity index is 1.79. The molecule has 1 N–H and O–H groups in total. The molecular formula is C18H20N2O. The Morgan fingerprint density at radius 2 is 1.86 bits per heavy atom. The smallest absolute Gasteiger partial charge is 0.120 e. The second kappa shape index (κ2) is 5.52. The molecule has 0 atom stereocenters. The predicted octanol–water partition coefficient (Wildman–Crippen LogP) is 3.77. The van der Waals surface area contributed by atoms with Crippen LogP contribution in [0.3, 0.4) is 0 Å². The monoisotopic (exact) mass is 280 g/mol. The number of ether oxygens (including phenoxy) is 1. The van der Waals surface area contributed by atoms with Crippen molar-refractivity contribution in [3.8, 4) is 5.75 Å². The van der Waals surface area contributed by atoms with E-state index in [0.29, 0.717) is 0 Å². The van der Waals surface area contributed by atoms with Crippen molar-refractivity contribution < 1.29 is 4.74 Å². The molecule has 1 aliphatic rings. The van der Waals surface area contributed by atoms with E-state index in [9.17, 15) is 0 Å². The van der Waals surface area contributed by atoms with Crippen molar-refractivity contribution in [1.82, 2.24) is 0 Å². The standard InChI is InChI=1S/C18H20N2O/c1-20(2)16-7-4-13(5-8-16)10-15-11-14-6-9-17(21-3)12-18(14)19-15/h4-10,12,19H,11H2,1-3H3/b15-10-. The highest BCUT2D eigenvalue weighted by Gasteiger charge is 2.15. The number of nitrogens with zero attached hydrogens (tertiary/aromatic N) is 1. The van der Waals surface area contributed by atoms with Gasteiger partial charge in [0.25, 0.3) is 0 Å². The summed E-state index contributed by atoms with van der Waals surface area (Å²) in [5.41, 5.74) is 6.10. The average molecular weight is 280 g/mol. The van der Waals surface area contributed by atoms with Gasteiger partial charge in [-0.3, -0.25) is 0 Å². The molecule has 3 rings (SSSR count). The highest BCUT2D eigenvalue weighted by Crippen LogP contribution is 2.32. The summed E-state index contributed by atoms with van der Waals surface area (Å²) in [5.74, 6) is 0.887. The van der Waals surface area contributed by atoms with Crippen LogP contribution < -0.4 is 15.0 Å². The van der Waals surface area contributed by atoms with Crippen LogP contribution >= 0.6 is 0 Å². The fourth-order valence-corrected chi connectivity index (χ4v) is 2.53. The third-order valence-electron chi connectivity index (χ3n) is 3.74. The van der Waals surface area contributed by atoms with E-state index in [4.69, 9.17) is 4.74 Å². The molecule has 1 heterocycles. The molecule has 2 aromatic rings. The number of hydrogen-bond donors (Lipinski definition) is 1. The first-order chi connectivity index (χ1) is 10.2. The molecule has 0 aliphatic carbocycles. The number of allylic oxidation sites excluding steroid dienone is 1. The molecule has 0 radical (unpaired) electrons. The topological polar surface area (TPSA) is 24.5 Å². The van der Waals surface area contributed by atoms with E-state index in [2.05, 4.69) is 60.7 Å². The van der Waals surface area contributed by atoms with Gasteiger partial charge < -0.3 is 15.0 Å². The van der Waals surface area contributed by atoms with Crippen molar-refractivity contribution in [3.05, 3.63) is 59.3 Å². The number of methoxy groups -OCH3 is 1. The number of hydrogen-bond acceptors (Lipinski definition) is 3. The minimum Gasteiger partial charge on any atom is -0.497 e. The van der Waals surface area contributed by atoms with E-state index in [0.717, 1.165) is 17.9 Å². The van der Waals surface area contributed by atoms with E-state index in [1.807, 2.05) is 12.1 Å². The maximum atomic E-state index is 5.26. The van der Waals surface area contributed by atoms with E-state index >= 15 is 0 Å². The van der Waals surface area contributed by atoms with Gasteiger partial charge in [-0.15, -0.1) is 0 Å². The first kappa shape index (κ1) is 13.6. The molecule has 0 fully saturated rings. The largest absolute Gasteiger partial charge is 0.497 e. The minimum absolute atomic E-state index is 0.887. The van der Waals surface area contributed by atoms with E-state index in [-0.39, 0.29) is 0 Å². The second-order valence-electron chi connectivity index (χ2n) is 5.48. The summed E-state index contributed by atoms with van der Waals surface area (Å²) in [4.78, 5) is 2.10. The first-order valence-electron chi connectivity index (χ1n) is 7.07. The minimum atomic E-state index is 0.887. The third-order valence-corrected chi connectivity index (χ3v) is 3.74. The zero-order valence-electron chi connectivity index (χ0n) is 12.7. The number of nitrogens with one attached hydrogen (secondary N) is 1. The van der Waals surface area contributed by atoms with Crippen molar-refractivity contribution >= 4 is 17.5 Å². The lowest BCUT2D eigenvalue weighted by molar-refractivity contribution is 0.415. The van der Waals surface area contributed by atoms with E-state index < -0.39 is 0 Å². The zero-order chi connectivity index (χ0) is 14.8. The van der Waals surface area contributed by atoms with Crippen LogP contribution in [-0.2, 0) is 6.42 Å². The van der Waals surface area contributed by atoms with Crippen LogP contribution in [0.5, 0.6) is 5.75 Å². The molecule has 0 bridgehead atoms. The Labute approximate surface area is 125 Å². The molecule has 3 heteroatoms. The third kappa shape index (κ3) is 2.87. The van der Waals surface area contributed by atoms with Crippen LogP contribution in [0.1, 0.15) is 11.1 Å². The van der Waals surface area contributed by atoms with Crippen molar-refractivity contribution in [3.63, 3.8) is 0 Å². The van der Waals surface area contributed by atoms with Gasteiger partial charge in [-0.25, -0.2) is 0 Å². The van der Waals surface area contributed by atoms with Gasteiger partial charge >= 0.3 is 0 Å². The average Bonchev–Trinajstić information content (AvgIpc) is 2.88. The van der Waals surface area contributed by atoms with E-state index in [1.54, 1.807) is 7.11 Å². The van der Waals surface area contributed by atoms with Gasteiger partial charge in [0.2, 0.25) is 0 Å². The number of fused-ring (bicyclic) bond motifs is 1. The molecule has 108 valence electrons. The van der Waals surface area contributed by atoms with Gasteiger partial charge in [0, 0.05) is 43.7 Å². The first-order valence-corrected chi connectivity index (χ1v) is 7.07. The molecule has 0 saturated heterocycles. The Kier molecular flexibility index (Phi) is 3.57. The summed E-state index contributed by atoms with van der Waals surface area (Å²) >= 11 is 0. The maximum Gasteiger partial charge on any atom is 0.120 e. The van der Waals surface area contributed by atoms with Crippen LogP contribution in [0.25, 0.3) is 6.08 Å². The Hall–Kier alpha value is -2.42. The van der Waals surface area contributed by atoms with Crippen molar-refractivity contribution in [2.45, 2.75) is 6.42 Å². The number of rotatable bonds is 3. The number of benzene rings is 2. The summed E-state index contributed by atoms with van der Waals surface area (Å²) in [6.07, 6.45) is 3.14. The molecule has 3 nitrogen and oxygen atoms in total. The van der Waals surface area contributed by atoms with Gasteiger partial charge in [-0.2, -0.15) is 0 Å². The summed E-state index contributed by atoms with van der Waals surface area (Å²) < 4.78 is 5.26. The normalized spacial score (nSPS) is 14.7. The molecular weight excluding hydrogens is 260 g/mol. The molecule has 21 heavy (non-hydrogen) atoms. The lowest BCUT2D eigenvalue weighted by Gasteiger charge is -2.12. The zero-order valence-corrected chi connectivity index (χ0v) is 12.7. The highest BCUT2D eigenvalue weighted by molar-refractivity contribution is 5.70. The van der Waals surface area contributed by atoms with E-state index in [1.165, 1.54) is 22.5 Å². The molecule has 1 aliphatic heterocycles. The molecule has 0 saturated carbocycles. The van der Waals surface area contributed by atoms with Crippen LogP contribution in [0, 0.1) is 0 Å².